The summed E-state index contributed by atoms with van der Waals surface area (Å²) in [5.74, 6) is 0.833. The van der Waals surface area contributed by atoms with Gasteiger partial charge in [0.25, 0.3) is 0 Å². The third kappa shape index (κ3) is 3.32. The van der Waals surface area contributed by atoms with E-state index in [2.05, 4.69) is 48.4 Å². The lowest BCUT2D eigenvalue weighted by molar-refractivity contribution is 0.436. The molecule has 0 fully saturated rings. The van der Waals surface area contributed by atoms with Gasteiger partial charge in [-0.3, -0.25) is 0 Å². The minimum absolute atomic E-state index is 0.528. The highest BCUT2D eigenvalue weighted by molar-refractivity contribution is 5.85. The van der Waals surface area contributed by atoms with Crippen LogP contribution in [0.2, 0.25) is 0 Å². The molecule has 0 amide bonds. The summed E-state index contributed by atoms with van der Waals surface area (Å²) < 4.78 is 0. The molecular weight excluding hydrogens is 256 g/mol. The largest absolute Gasteiger partial charge is 0.357 e. The van der Waals surface area contributed by atoms with Gasteiger partial charge in [0.2, 0.25) is 0 Å². The van der Waals surface area contributed by atoms with Crippen LogP contribution in [0.15, 0.2) is 24.3 Å². The van der Waals surface area contributed by atoms with Crippen LogP contribution in [0.25, 0.3) is 10.9 Å². The summed E-state index contributed by atoms with van der Waals surface area (Å²) in [6.07, 6.45) is 7.79. The van der Waals surface area contributed by atoms with Crippen molar-refractivity contribution in [1.82, 2.24) is 10.3 Å². The average molecular weight is 284 g/mol. The Hall–Kier alpha value is -1.28. The Morgan fingerprint density at radius 1 is 1.24 bits per heavy atom. The molecule has 21 heavy (non-hydrogen) atoms. The second kappa shape index (κ2) is 6.65. The number of rotatable bonds is 6. The Morgan fingerprint density at radius 3 is 2.95 bits per heavy atom. The predicted octanol–water partition coefficient (Wildman–Crippen LogP) is 4.96. The van der Waals surface area contributed by atoms with Crippen molar-refractivity contribution in [3.63, 3.8) is 0 Å². The number of benzene rings is 1. The molecule has 114 valence electrons. The first-order chi connectivity index (χ1) is 10.3. The fraction of sp³-hybridized carbons (Fsp3) is 0.579. The maximum Gasteiger partial charge on any atom is 0.0476 e. The zero-order chi connectivity index (χ0) is 14.7. The number of aromatic nitrogens is 1. The summed E-state index contributed by atoms with van der Waals surface area (Å²) in [5.41, 5.74) is 4.30. The number of para-hydroxylation sites is 1. The zero-order valence-electron chi connectivity index (χ0n) is 13.4. The van der Waals surface area contributed by atoms with Crippen molar-refractivity contribution >= 4 is 10.9 Å². The van der Waals surface area contributed by atoms with Gasteiger partial charge in [-0.25, -0.2) is 0 Å². The number of unbranched alkanes of at least 4 members (excludes halogenated alkanes) is 1. The molecule has 0 saturated heterocycles. The first kappa shape index (κ1) is 14.6. The normalized spacial score (nSPS) is 18.3. The summed E-state index contributed by atoms with van der Waals surface area (Å²) in [7, 11) is 0. The molecule has 0 spiro atoms. The van der Waals surface area contributed by atoms with Crippen LogP contribution in [0, 0.1) is 5.92 Å². The molecule has 0 aliphatic heterocycles. The van der Waals surface area contributed by atoms with Crippen LogP contribution in [0.4, 0.5) is 0 Å². The third-order valence-electron chi connectivity index (χ3n) is 4.71. The fourth-order valence-electron chi connectivity index (χ4n) is 3.57. The molecule has 2 N–H and O–H groups in total. The molecule has 1 aliphatic carbocycles. The third-order valence-corrected chi connectivity index (χ3v) is 4.71. The molecule has 2 nitrogen and oxygen atoms in total. The van der Waals surface area contributed by atoms with Crippen LogP contribution in [0.1, 0.15) is 63.3 Å². The van der Waals surface area contributed by atoms with Crippen LogP contribution in [-0.2, 0) is 6.42 Å². The first-order valence-corrected chi connectivity index (χ1v) is 8.58. The Morgan fingerprint density at radius 2 is 2.10 bits per heavy atom. The topological polar surface area (TPSA) is 27.8 Å². The number of aryl methyl sites for hydroxylation is 1. The predicted molar refractivity (Wildman–Crippen MR) is 90.7 cm³/mol. The standard InChI is InChI=1S/C19H28N2/c1-14(2)8-5-6-13-20-18-12-7-10-16-15-9-3-4-11-17(15)21-19(16)18/h3-4,9,11,14,18,20-21H,5-8,10,12-13H2,1-2H3. The van der Waals surface area contributed by atoms with E-state index in [0.717, 1.165) is 12.5 Å². The number of nitrogens with one attached hydrogen (secondary N) is 2. The summed E-state index contributed by atoms with van der Waals surface area (Å²) >= 11 is 0. The number of H-pyrrole nitrogens is 1. The second-order valence-corrected chi connectivity index (χ2v) is 6.85. The van der Waals surface area contributed by atoms with Crippen molar-refractivity contribution in [1.29, 1.82) is 0 Å². The van der Waals surface area contributed by atoms with Crippen molar-refractivity contribution in [2.75, 3.05) is 6.54 Å². The van der Waals surface area contributed by atoms with Crippen molar-refractivity contribution in [2.24, 2.45) is 5.92 Å². The van der Waals surface area contributed by atoms with Gasteiger partial charge in [0.1, 0.15) is 0 Å². The zero-order valence-corrected chi connectivity index (χ0v) is 13.4. The van der Waals surface area contributed by atoms with E-state index in [-0.39, 0.29) is 0 Å². The first-order valence-electron chi connectivity index (χ1n) is 8.58. The molecule has 1 unspecified atom stereocenters. The average Bonchev–Trinajstić information content (AvgIpc) is 2.86. The van der Waals surface area contributed by atoms with Gasteiger partial charge >= 0.3 is 0 Å². The monoisotopic (exact) mass is 284 g/mol. The molecule has 2 heteroatoms. The molecule has 2 aromatic rings. The minimum Gasteiger partial charge on any atom is -0.357 e. The van der Waals surface area contributed by atoms with E-state index in [1.807, 2.05) is 0 Å². The molecule has 0 bridgehead atoms. The van der Waals surface area contributed by atoms with E-state index in [9.17, 15) is 0 Å². The number of hydrogen-bond donors (Lipinski definition) is 2. The molecule has 0 saturated carbocycles. The van der Waals surface area contributed by atoms with Crippen molar-refractivity contribution < 1.29 is 0 Å². The maximum atomic E-state index is 3.78. The maximum absolute atomic E-state index is 3.78. The van der Waals surface area contributed by atoms with Crippen molar-refractivity contribution in [2.45, 2.75) is 58.4 Å². The van der Waals surface area contributed by atoms with Crippen molar-refractivity contribution in [3.05, 3.63) is 35.5 Å². The molecule has 1 aromatic carbocycles. The van der Waals surface area contributed by atoms with E-state index in [1.54, 1.807) is 5.56 Å². The molecular formula is C19H28N2. The van der Waals surface area contributed by atoms with Gasteiger partial charge in [0, 0.05) is 22.6 Å². The summed E-state index contributed by atoms with van der Waals surface area (Å²) in [5, 5.41) is 5.21. The Kier molecular flexibility index (Phi) is 4.64. The van der Waals surface area contributed by atoms with Crippen LogP contribution in [-0.4, -0.2) is 11.5 Å². The van der Waals surface area contributed by atoms with Crippen LogP contribution in [0.5, 0.6) is 0 Å². The van der Waals surface area contributed by atoms with Gasteiger partial charge in [-0.05, 0) is 49.8 Å². The smallest absolute Gasteiger partial charge is 0.0476 e. The number of hydrogen-bond acceptors (Lipinski definition) is 1. The highest BCUT2D eigenvalue weighted by atomic mass is 14.9. The molecule has 1 aromatic heterocycles. The molecule has 1 heterocycles. The summed E-state index contributed by atoms with van der Waals surface area (Å²) in [6, 6.07) is 9.27. The lowest BCUT2D eigenvalue weighted by Gasteiger charge is -2.24. The quantitative estimate of drug-likeness (QED) is 0.721. The Balaban J connectivity index is 1.64. The molecule has 0 radical (unpaired) electrons. The lowest BCUT2D eigenvalue weighted by Crippen LogP contribution is -2.26. The molecule has 1 aliphatic rings. The van der Waals surface area contributed by atoms with Gasteiger partial charge in [-0.15, -0.1) is 0 Å². The number of aromatic amines is 1. The van der Waals surface area contributed by atoms with Gasteiger partial charge in [-0.1, -0.05) is 44.9 Å². The Labute approximate surface area is 128 Å². The van der Waals surface area contributed by atoms with Crippen LogP contribution >= 0.6 is 0 Å². The Bertz CT molecular complexity index is 582. The van der Waals surface area contributed by atoms with Gasteiger partial charge in [-0.2, -0.15) is 0 Å². The van der Waals surface area contributed by atoms with E-state index < -0.39 is 0 Å². The van der Waals surface area contributed by atoms with Gasteiger partial charge < -0.3 is 10.3 Å². The molecule has 3 rings (SSSR count). The number of fused-ring (bicyclic) bond motifs is 3. The lowest BCUT2D eigenvalue weighted by atomic mass is 9.91. The fourth-order valence-corrected chi connectivity index (χ4v) is 3.57. The van der Waals surface area contributed by atoms with E-state index in [1.165, 1.54) is 55.1 Å². The van der Waals surface area contributed by atoms with Crippen LogP contribution in [0.3, 0.4) is 0 Å². The van der Waals surface area contributed by atoms with Crippen LogP contribution < -0.4 is 5.32 Å². The van der Waals surface area contributed by atoms with E-state index in [4.69, 9.17) is 0 Å². The van der Waals surface area contributed by atoms with E-state index >= 15 is 0 Å². The van der Waals surface area contributed by atoms with Gasteiger partial charge in [0.05, 0.1) is 0 Å². The summed E-state index contributed by atoms with van der Waals surface area (Å²) in [4.78, 5) is 3.66. The highest BCUT2D eigenvalue weighted by Gasteiger charge is 2.23. The van der Waals surface area contributed by atoms with Crippen molar-refractivity contribution in [3.8, 4) is 0 Å². The SMILES string of the molecule is CC(C)CCCCNC1CCCc2c1[nH]c1ccccc21. The highest BCUT2D eigenvalue weighted by Crippen LogP contribution is 2.34. The second-order valence-electron chi connectivity index (χ2n) is 6.85. The summed E-state index contributed by atoms with van der Waals surface area (Å²) in [6.45, 7) is 5.77. The van der Waals surface area contributed by atoms with Gasteiger partial charge in [0.15, 0.2) is 0 Å². The van der Waals surface area contributed by atoms with E-state index in [0.29, 0.717) is 6.04 Å². The molecule has 1 atom stereocenters. The minimum atomic E-state index is 0.528.